The van der Waals surface area contributed by atoms with Gasteiger partial charge in [0.2, 0.25) is 0 Å². The summed E-state index contributed by atoms with van der Waals surface area (Å²) < 4.78 is 49.6. The van der Waals surface area contributed by atoms with Crippen LogP contribution >= 0.6 is 11.6 Å². The highest BCUT2D eigenvalue weighted by Crippen LogP contribution is 2.31. The standard InChI is InChI=1S/C22H20ClF3N2O2/c1-29-20-10-15(11-27-12-17-6-8-21(23)28-13-17)5-7-19(20)30-14-16-3-2-4-18(9-16)22(24,25)26/h2-10,13,27H,11-12,14H2,1H3. The van der Waals surface area contributed by atoms with Crippen molar-refractivity contribution in [2.24, 2.45) is 0 Å². The highest BCUT2D eigenvalue weighted by molar-refractivity contribution is 6.29. The number of methoxy groups -OCH3 is 1. The number of hydrogen-bond acceptors (Lipinski definition) is 4. The quantitative estimate of drug-likeness (QED) is 0.465. The van der Waals surface area contributed by atoms with Crippen molar-refractivity contribution in [2.75, 3.05) is 7.11 Å². The monoisotopic (exact) mass is 436 g/mol. The molecule has 1 aromatic heterocycles. The average molecular weight is 437 g/mol. The zero-order valence-corrected chi connectivity index (χ0v) is 16.9. The van der Waals surface area contributed by atoms with Crippen LogP contribution in [0.5, 0.6) is 11.5 Å². The predicted octanol–water partition coefficient (Wildman–Crippen LogP) is 5.63. The number of benzene rings is 2. The largest absolute Gasteiger partial charge is 0.493 e. The molecule has 3 aromatic rings. The number of rotatable bonds is 8. The molecule has 3 rings (SSSR count). The van der Waals surface area contributed by atoms with E-state index in [-0.39, 0.29) is 6.61 Å². The van der Waals surface area contributed by atoms with Crippen molar-refractivity contribution in [3.05, 3.63) is 88.2 Å². The van der Waals surface area contributed by atoms with Crippen molar-refractivity contribution in [2.45, 2.75) is 25.9 Å². The third kappa shape index (κ3) is 6.11. The Morgan fingerprint density at radius 3 is 2.40 bits per heavy atom. The minimum Gasteiger partial charge on any atom is -0.493 e. The van der Waals surface area contributed by atoms with Crippen LogP contribution in [0.2, 0.25) is 5.15 Å². The Bertz CT molecular complexity index is 979. The lowest BCUT2D eigenvalue weighted by atomic mass is 10.1. The van der Waals surface area contributed by atoms with Gasteiger partial charge in [-0.05, 0) is 47.0 Å². The van der Waals surface area contributed by atoms with Crippen molar-refractivity contribution in [3.63, 3.8) is 0 Å². The molecule has 0 saturated heterocycles. The van der Waals surface area contributed by atoms with Crippen molar-refractivity contribution < 1.29 is 22.6 Å². The van der Waals surface area contributed by atoms with E-state index in [4.69, 9.17) is 21.1 Å². The van der Waals surface area contributed by atoms with E-state index < -0.39 is 11.7 Å². The Balaban J connectivity index is 1.59. The molecule has 0 saturated carbocycles. The van der Waals surface area contributed by atoms with Crippen LogP contribution in [0.3, 0.4) is 0 Å². The first-order valence-electron chi connectivity index (χ1n) is 9.12. The Morgan fingerprint density at radius 1 is 0.933 bits per heavy atom. The van der Waals surface area contributed by atoms with E-state index in [2.05, 4.69) is 10.3 Å². The van der Waals surface area contributed by atoms with E-state index in [1.54, 1.807) is 24.4 Å². The van der Waals surface area contributed by atoms with E-state index in [0.717, 1.165) is 23.3 Å². The number of ether oxygens (including phenoxy) is 2. The molecule has 0 bridgehead atoms. The molecule has 0 aliphatic rings. The fraction of sp³-hybridized carbons (Fsp3) is 0.227. The molecule has 4 nitrogen and oxygen atoms in total. The number of nitrogens with one attached hydrogen (secondary N) is 1. The number of aromatic nitrogens is 1. The second-order valence-electron chi connectivity index (χ2n) is 6.56. The van der Waals surface area contributed by atoms with Gasteiger partial charge in [0.05, 0.1) is 12.7 Å². The Hall–Kier alpha value is -2.77. The first-order valence-corrected chi connectivity index (χ1v) is 9.50. The summed E-state index contributed by atoms with van der Waals surface area (Å²) in [7, 11) is 1.52. The minimum atomic E-state index is -4.38. The first-order chi connectivity index (χ1) is 14.3. The third-order valence-electron chi connectivity index (χ3n) is 4.32. The summed E-state index contributed by atoms with van der Waals surface area (Å²) in [6, 6.07) is 14.1. The van der Waals surface area contributed by atoms with Gasteiger partial charge in [-0.15, -0.1) is 0 Å². The van der Waals surface area contributed by atoms with Crippen LogP contribution in [0.1, 0.15) is 22.3 Å². The Morgan fingerprint density at radius 2 is 1.70 bits per heavy atom. The molecule has 2 aromatic carbocycles. The maximum atomic E-state index is 12.8. The zero-order valence-electron chi connectivity index (χ0n) is 16.2. The van der Waals surface area contributed by atoms with Crippen LogP contribution in [-0.4, -0.2) is 12.1 Å². The van der Waals surface area contributed by atoms with Crippen molar-refractivity contribution in [1.82, 2.24) is 10.3 Å². The average Bonchev–Trinajstić information content (AvgIpc) is 2.73. The molecule has 1 N–H and O–H groups in total. The summed E-state index contributed by atoms with van der Waals surface area (Å²) in [6.45, 7) is 1.22. The molecule has 0 radical (unpaired) electrons. The lowest BCUT2D eigenvalue weighted by Gasteiger charge is -2.14. The fourth-order valence-electron chi connectivity index (χ4n) is 2.80. The van der Waals surface area contributed by atoms with E-state index in [0.29, 0.717) is 35.3 Å². The number of hydrogen-bond donors (Lipinski definition) is 1. The molecule has 158 valence electrons. The molecule has 0 atom stereocenters. The lowest BCUT2D eigenvalue weighted by Crippen LogP contribution is -2.13. The van der Waals surface area contributed by atoms with Gasteiger partial charge in [0.15, 0.2) is 11.5 Å². The summed E-state index contributed by atoms with van der Waals surface area (Å²) in [5.74, 6) is 0.968. The summed E-state index contributed by atoms with van der Waals surface area (Å²) in [4.78, 5) is 4.03. The van der Waals surface area contributed by atoms with E-state index >= 15 is 0 Å². The fourth-order valence-corrected chi connectivity index (χ4v) is 2.91. The van der Waals surface area contributed by atoms with Gasteiger partial charge in [-0.2, -0.15) is 13.2 Å². The van der Waals surface area contributed by atoms with Crippen LogP contribution < -0.4 is 14.8 Å². The lowest BCUT2D eigenvalue weighted by molar-refractivity contribution is -0.137. The SMILES string of the molecule is COc1cc(CNCc2ccc(Cl)nc2)ccc1OCc1cccc(C(F)(F)F)c1. The molecule has 8 heteroatoms. The van der Waals surface area contributed by atoms with Crippen LogP contribution in [0.25, 0.3) is 0 Å². The summed E-state index contributed by atoms with van der Waals surface area (Å²) >= 11 is 5.77. The van der Waals surface area contributed by atoms with Gasteiger partial charge in [0.1, 0.15) is 11.8 Å². The van der Waals surface area contributed by atoms with Crippen molar-refractivity contribution in [1.29, 1.82) is 0 Å². The molecule has 0 unspecified atom stereocenters. The van der Waals surface area contributed by atoms with E-state index in [1.807, 2.05) is 18.2 Å². The molecule has 0 aliphatic heterocycles. The van der Waals surface area contributed by atoms with Crippen LogP contribution in [-0.2, 0) is 25.9 Å². The van der Waals surface area contributed by atoms with Gasteiger partial charge in [-0.25, -0.2) is 4.98 Å². The van der Waals surface area contributed by atoms with Crippen molar-refractivity contribution in [3.8, 4) is 11.5 Å². The Kier molecular flexibility index (Phi) is 7.18. The predicted molar refractivity (Wildman–Crippen MR) is 109 cm³/mol. The summed E-state index contributed by atoms with van der Waals surface area (Å²) in [6.07, 6.45) is -2.68. The molecule has 30 heavy (non-hydrogen) atoms. The highest BCUT2D eigenvalue weighted by Gasteiger charge is 2.30. The molecule has 1 heterocycles. The normalized spacial score (nSPS) is 11.4. The van der Waals surface area contributed by atoms with Gasteiger partial charge in [0, 0.05) is 19.3 Å². The first kappa shape index (κ1) is 21.9. The van der Waals surface area contributed by atoms with Gasteiger partial charge in [-0.1, -0.05) is 35.9 Å². The second kappa shape index (κ2) is 9.82. The minimum absolute atomic E-state index is 0.00143. The van der Waals surface area contributed by atoms with Gasteiger partial charge < -0.3 is 14.8 Å². The maximum absolute atomic E-state index is 12.8. The highest BCUT2D eigenvalue weighted by atomic mass is 35.5. The molecule has 0 aliphatic carbocycles. The molecule has 0 spiro atoms. The van der Waals surface area contributed by atoms with Crippen LogP contribution in [0, 0.1) is 0 Å². The molecular formula is C22H20ClF3N2O2. The number of pyridine rings is 1. The van der Waals surface area contributed by atoms with Gasteiger partial charge >= 0.3 is 6.18 Å². The second-order valence-corrected chi connectivity index (χ2v) is 6.95. The van der Waals surface area contributed by atoms with Gasteiger partial charge in [-0.3, -0.25) is 0 Å². The Labute approximate surface area is 177 Å². The van der Waals surface area contributed by atoms with Crippen LogP contribution in [0.4, 0.5) is 13.2 Å². The van der Waals surface area contributed by atoms with Crippen molar-refractivity contribution >= 4 is 11.6 Å². The van der Waals surface area contributed by atoms with Crippen LogP contribution in [0.15, 0.2) is 60.8 Å². The summed E-state index contributed by atoms with van der Waals surface area (Å²) in [5, 5.41) is 3.75. The maximum Gasteiger partial charge on any atom is 0.416 e. The molecular weight excluding hydrogens is 417 g/mol. The number of halogens is 4. The number of nitrogens with zero attached hydrogens (tertiary/aromatic N) is 1. The van der Waals surface area contributed by atoms with Gasteiger partial charge in [0.25, 0.3) is 0 Å². The van der Waals surface area contributed by atoms with E-state index in [1.165, 1.54) is 13.2 Å². The number of alkyl halides is 3. The summed E-state index contributed by atoms with van der Waals surface area (Å²) in [5.41, 5.74) is 1.70. The van der Waals surface area contributed by atoms with E-state index in [9.17, 15) is 13.2 Å². The zero-order chi connectivity index (χ0) is 21.6. The molecule has 0 amide bonds. The third-order valence-corrected chi connectivity index (χ3v) is 4.55. The topological polar surface area (TPSA) is 43.4 Å². The molecule has 0 fully saturated rings. The smallest absolute Gasteiger partial charge is 0.416 e.